The van der Waals surface area contributed by atoms with Crippen molar-refractivity contribution in [3.8, 4) is 5.75 Å². The Labute approximate surface area is 112 Å². The average Bonchev–Trinajstić information content (AvgIpc) is 2.78. The van der Waals surface area contributed by atoms with Crippen molar-refractivity contribution in [2.24, 2.45) is 11.7 Å². The molecule has 0 saturated heterocycles. The largest absolute Gasteiger partial charge is 0.493 e. The number of ether oxygens (including phenoxy) is 1. The zero-order valence-electron chi connectivity index (χ0n) is 10.3. The molecule has 1 atom stereocenters. The number of rotatable bonds is 4. The Hall–Kier alpha value is -0.540. The Morgan fingerprint density at radius 1 is 1.41 bits per heavy atom. The van der Waals surface area contributed by atoms with Gasteiger partial charge in [0.1, 0.15) is 5.75 Å². The Morgan fingerprint density at radius 3 is 2.71 bits per heavy atom. The van der Waals surface area contributed by atoms with E-state index in [0.717, 1.165) is 28.3 Å². The molecule has 1 aliphatic carbocycles. The van der Waals surface area contributed by atoms with Crippen LogP contribution in [0.5, 0.6) is 5.75 Å². The molecule has 0 aromatic heterocycles. The molecule has 1 aromatic carbocycles. The minimum Gasteiger partial charge on any atom is -0.493 e. The van der Waals surface area contributed by atoms with E-state index in [2.05, 4.69) is 15.9 Å². The van der Waals surface area contributed by atoms with E-state index in [0.29, 0.717) is 0 Å². The lowest BCUT2D eigenvalue weighted by Gasteiger charge is -2.14. The Bertz CT molecular complexity index is 372. The molecule has 0 bridgehead atoms. The maximum atomic E-state index is 5.87. The van der Waals surface area contributed by atoms with Crippen molar-refractivity contribution in [1.82, 2.24) is 0 Å². The summed E-state index contributed by atoms with van der Waals surface area (Å²) in [7, 11) is 0. The summed E-state index contributed by atoms with van der Waals surface area (Å²) in [4.78, 5) is 0. The van der Waals surface area contributed by atoms with Crippen molar-refractivity contribution in [1.29, 1.82) is 0 Å². The first-order chi connectivity index (χ1) is 8.16. The quantitative estimate of drug-likeness (QED) is 0.910. The molecule has 94 valence electrons. The van der Waals surface area contributed by atoms with E-state index in [1.54, 1.807) is 0 Å². The summed E-state index contributed by atoms with van der Waals surface area (Å²) >= 11 is 3.54. The first kappa shape index (κ1) is 12.9. The zero-order chi connectivity index (χ0) is 12.3. The van der Waals surface area contributed by atoms with Crippen LogP contribution in [0, 0.1) is 5.92 Å². The van der Waals surface area contributed by atoms with Crippen LogP contribution in [0.25, 0.3) is 0 Å². The highest BCUT2D eigenvalue weighted by atomic mass is 79.9. The topological polar surface area (TPSA) is 35.2 Å². The summed E-state index contributed by atoms with van der Waals surface area (Å²) in [6, 6.07) is 6.12. The fourth-order valence-corrected chi connectivity index (χ4v) is 3.08. The second kappa shape index (κ2) is 5.87. The lowest BCUT2D eigenvalue weighted by Crippen LogP contribution is -2.09. The van der Waals surface area contributed by atoms with E-state index >= 15 is 0 Å². The molecule has 2 nitrogen and oxygen atoms in total. The van der Waals surface area contributed by atoms with Crippen molar-refractivity contribution in [3.05, 3.63) is 28.2 Å². The molecule has 3 heteroatoms. The van der Waals surface area contributed by atoms with Gasteiger partial charge in [0.05, 0.1) is 6.61 Å². The van der Waals surface area contributed by atoms with Gasteiger partial charge >= 0.3 is 0 Å². The normalized spacial score (nSPS) is 18.3. The number of hydrogen-bond donors (Lipinski definition) is 1. The highest BCUT2D eigenvalue weighted by molar-refractivity contribution is 9.10. The highest BCUT2D eigenvalue weighted by Crippen LogP contribution is 2.29. The number of halogens is 1. The van der Waals surface area contributed by atoms with Gasteiger partial charge in [-0.3, -0.25) is 0 Å². The van der Waals surface area contributed by atoms with E-state index < -0.39 is 0 Å². The zero-order valence-corrected chi connectivity index (χ0v) is 11.9. The summed E-state index contributed by atoms with van der Waals surface area (Å²) in [5.74, 6) is 1.69. The van der Waals surface area contributed by atoms with Gasteiger partial charge in [0.15, 0.2) is 0 Å². The number of hydrogen-bond acceptors (Lipinski definition) is 2. The van der Waals surface area contributed by atoms with Gasteiger partial charge in [0.2, 0.25) is 0 Å². The Morgan fingerprint density at radius 2 is 2.12 bits per heavy atom. The van der Waals surface area contributed by atoms with Gasteiger partial charge in [-0.25, -0.2) is 0 Å². The Kier molecular flexibility index (Phi) is 4.46. The molecule has 1 fully saturated rings. The fraction of sp³-hybridized carbons (Fsp3) is 0.571. The molecule has 0 amide bonds. The average molecular weight is 298 g/mol. The maximum Gasteiger partial charge on any atom is 0.120 e. The molecule has 17 heavy (non-hydrogen) atoms. The van der Waals surface area contributed by atoms with Crippen LogP contribution in [0.2, 0.25) is 0 Å². The highest BCUT2D eigenvalue weighted by Gasteiger charge is 2.15. The van der Waals surface area contributed by atoms with Crippen LogP contribution in [-0.4, -0.2) is 6.61 Å². The van der Waals surface area contributed by atoms with Crippen molar-refractivity contribution < 1.29 is 4.74 Å². The van der Waals surface area contributed by atoms with Crippen LogP contribution in [0.15, 0.2) is 22.7 Å². The van der Waals surface area contributed by atoms with Gasteiger partial charge < -0.3 is 10.5 Å². The number of benzene rings is 1. The van der Waals surface area contributed by atoms with Crippen molar-refractivity contribution in [3.63, 3.8) is 0 Å². The Balaban J connectivity index is 1.94. The summed E-state index contributed by atoms with van der Waals surface area (Å²) in [5.41, 5.74) is 6.99. The molecular weight excluding hydrogens is 278 g/mol. The maximum absolute atomic E-state index is 5.87. The second-order valence-corrected chi connectivity index (χ2v) is 5.79. The molecule has 2 N–H and O–H groups in total. The van der Waals surface area contributed by atoms with Crippen LogP contribution in [0.3, 0.4) is 0 Å². The predicted octanol–water partition coefficient (Wildman–Crippen LogP) is 4.04. The fourth-order valence-electron chi connectivity index (χ4n) is 2.36. The second-order valence-electron chi connectivity index (χ2n) is 4.93. The van der Waals surface area contributed by atoms with E-state index in [1.807, 2.05) is 25.1 Å². The minimum atomic E-state index is 0.0493. The van der Waals surface area contributed by atoms with Crippen LogP contribution in [-0.2, 0) is 0 Å². The van der Waals surface area contributed by atoms with Crippen LogP contribution in [0.4, 0.5) is 0 Å². The van der Waals surface area contributed by atoms with Gasteiger partial charge in [0.25, 0.3) is 0 Å². The van der Waals surface area contributed by atoms with Crippen LogP contribution in [0.1, 0.15) is 44.2 Å². The third kappa shape index (κ3) is 3.46. The molecule has 0 heterocycles. The first-order valence-electron chi connectivity index (χ1n) is 6.34. The molecule has 1 saturated carbocycles. The summed E-state index contributed by atoms with van der Waals surface area (Å²) in [6.07, 6.45) is 5.36. The SMILES string of the molecule is C[C@H](N)c1ccc(OCC2CCCC2)cc1Br. The molecule has 2 rings (SSSR count). The minimum absolute atomic E-state index is 0.0493. The lowest BCUT2D eigenvalue weighted by molar-refractivity contribution is 0.252. The lowest BCUT2D eigenvalue weighted by atomic mass is 10.1. The van der Waals surface area contributed by atoms with E-state index in [4.69, 9.17) is 10.5 Å². The predicted molar refractivity (Wildman–Crippen MR) is 74.2 cm³/mol. The molecule has 0 unspecified atom stereocenters. The van der Waals surface area contributed by atoms with E-state index in [9.17, 15) is 0 Å². The first-order valence-corrected chi connectivity index (χ1v) is 7.14. The molecule has 0 aliphatic heterocycles. The van der Waals surface area contributed by atoms with Gasteiger partial charge in [-0.05, 0) is 43.4 Å². The third-order valence-electron chi connectivity index (χ3n) is 3.42. The van der Waals surface area contributed by atoms with E-state index in [-0.39, 0.29) is 6.04 Å². The molecule has 1 aliphatic rings. The summed E-state index contributed by atoms with van der Waals surface area (Å²) in [6.45, 7) is 2.84. The van der Waals surface area contributed by atoms with Gasteiger partial charge in [-0.15, -0.1) is 0 Å². The molecule has 0 spiro atoms. The summed E-state index contributed by atoms with van der Waals surface area (Å²) < 4.78 is 6.87. The van der Waals surface area contributed by atoms with E-state index in [1.165, 1.54) is 25.7 Å². The summed E-state index contributed by atoms with van der Waals surface area (Å²) in [5, 5.41) is 0. The van der Waals surface area contributed by atoms with Gasteiger partial charge in [0, 0.05) is 10.5 Å². The van der Waals surface area contributed by atoms with Crippen LogP contribution < -0.4 is 10.5 Å². The smallest absolute Gasteiger partial charge is 0.120 e. The third-order valence-corrected chi connectivity index (χ3v) is 4.11. The molecule has 1 aromatic rings. The van der Waals surface area contributed by atoms with Crippen LogP contribution >= 0.6 is 15.9 Å². The monoisotopic (exact) mass is 297 g/mol. The van der Waals surface area contributed by atoms with Gasteiger partial charge in [-0.1, -0.05) is 34.8 Å². The van der Waals surface area contributed by atoms with Crippen molar-refractivity contribution >= 4 is 15.9 Å². The standard InChI is InChI=1S/C14H20BrNO/c1-10(16)13-7-6-12(8-14(13)15)17-9-11-4-2-3-5-11/h6-8,10-11H,2-5,9,16H2,1H3/t10-/m0/s1. The van der Waals surface area contributed by atoms with Crippen molar-refractivity contribution in [2.45, 2.75) is 38.6 Å². The molecule has 0 radical (unpaired) electrons. The molecular formula is C14H20BrNO. The number of nitrogens with two attached hydrogens (primary N) is 1. The van der Waals surface area contributed by atoms with Crippen molar-refractivity contribution in [2.75, 3.05) is 6.61 Å². The van der Waals surface area contributed by atoms with Gasteiger partial charge in [-0.2, -0.15) is 0 Å².